The molecule has 0 atom stereocenters. The first-order chi connectivity index (χ1) is 9.65. The van der Waals surface area contributed by atoms with E-state index in [-0.39, 0.29) is 0 Å². The van der Waals surface area contributed by atoms with E-state index in [1.807, 2.05) is 0 Å². The summed E-state index contributed by atoms with van der Waals surface area (Å²) in [5.41, 5.74) is 4.55. The molecule has 1 aromatic heterocycles. The molecule has 21 heavy (non-hydrogen) atoms. The van der Waals surface area contributed by atoms with Crippen molar-refractivity contribution in [1.29, 1.82) is 0 Å². The second-order valence-corrected chi connectivity index (χ2v) is 3.72. The van der Waals surface area contributed by atoms with Crippen LogP contribution in [0.4, 0.5) is 13.2 Å². The third kappa shape index (κ3) is 4.45. The minimum absolute atomic E-state index is 0.377. The summed E-state index contributed by atoms with van der Waals surface area (Å²) < 4.78 is 35.9. The lowest BCUT2D eigenvalue weighted by Crippen LogP contribution is -2.47. The molecule has 0 fully saturated rings. The van der Waals surface area contributed by atoms with Gasteiger partial charge in [0.05, 0.1) is 17.4 Å². The van der Waals surface area contributed by atoms with E-state index in [9.17, 15) is 22.8 Å². The van der Waals surface area contributed by atoms with E-state index < -0.39 is 23.5 Å². The van der Waals surface area contributed by atoms with Gasteiger partial charge in [0.2, 0.25) is 0 Å². The zero-order valence-corrected chi connectivity index (χ0v) is 10.3. The topological polar surface area (TPSA) is 131 Å². The number of hydrogen-bond donors (Lipinski definition) is 2. The normalized spacial score (nSPS) is 10.9. The molecular formula is C11H9F3N2O5. The summed E-state index contributed by atoms with van der Waals surface area (Å²) in [5, 5.41) is 9.16. The largest absolute Gasteiger partial charge is 0.542 e. The number of aromatic amines is 1. The van der Waals surface area contributed by atoms with Crippen molar-refractivity contribution in [2.45, 2.75) is 12.7 Å². The monoisotopic (exact) mass is 306 g/mol. The third-order valence-electron chi connectivity index (χ3n) is 2.25. The van der Waals surface area contributed by atoms with Crippen molar-refractivity contribution in [3.05, 3.63) is 44.7 Å². The first-order valence-electron chi connectivity index (χ1n) is 5.38. The lowest BCUT2D eigenvalue weighted by atomic mass is 10.1. The highest BCUT2D eigenvalue weighted by Gasteiger charge is 2.28. The molecule has 0 radical (unpaired) electrons. The standard InChI is InChI=1S/C9H8N2O3.C2HF3O2/c10-4-5-1-2-6-7(3-5)11-9(13)14-8(6)12;3-2(4,5)1(6)7/h1-3H,4,10H2,(H,11,13);(H,6,7). The predicted molar refractivity (Wildman–Crippen MR) is 60.8 cm³/mol. The lowest BCUT2D eigenvalue weighted by molar-refractivity contribution is -0.386. The van der Waals surface area contributed by atoms with Gasteiger partial charge in [-0.1, -0.05) is 6.07 Å². The number of benzene rings is 1. The van der Waals surface area contributed by atoms with Gasteiger partial charge >= 0.3 is 17.6 Å². The van der Waals surface area contributed by atoms with Crippen molar-refractivity contribution < 1.29 is 33.2 Å². The molecule has 0 spiro atoms. The van der Waals surface area contributed by atoms with Crippen LogP contribution >= 0.6 is 0 Å². The highest BCUT2D eigenvalue weighted by Crippen LogP contribution is 2.11. The molecule has 2 rings (SSSR count). The van der Waals surface area contributed by atoms with E-state index in [2.05, 4.69) is 15.1 Å². The molecule has 0 saturated heterocycles. The number of H-pyrrole nitrogens is 1. The number of quaternary nitrogens is 1. The van der Waals surface area contributed by atoms with Crippen molar-refractivity contribution >= 4 is 16.9 Å². The number of carbonyl (C=O) groups excluding carboxylic acids is 1. The SMILES string of the molecule is O=C([O-])C(F)(F)F.[NH3+]Cc1ccc2c(=O)oc(=O)[nH]c2c1. The summed E-state index contributed by atoms with van der Waals surface area (Å²) in [5.74, 6) is -3.74. The number of carboxylic acid groups (broad SMARTS) is 1. The number of aliphatic carboxylic acids is 1. The quantitative estimate of drug-likeness (QED) is 0.663. The molecule has 0 aliphatic carbocycles. The van der Waals surface area contributed by atoms with Gasteiger partial charge in [0, 0.05) is 5.56 Å². The summed E-state index contributed by atoms with van der Waals surface area (Å²) in [6.07, 6.45) is -5.19. The van der Waals surface area contributed by atoms with Gasteiger partial charge in [-0.2, -0.15) is 13.2 Å². The van der Waals surface area contributed by atoms with Gasteiger partial charge in [-0.15, -0.1) is 0 Å². The smallest absolute Gasteiger partial charge is 0.430 e. The van der Waals surface area contributed by atoms with Crippen LogP contribution in [-0.2, 0) is 11.3 Å². The molecule has 1 heterocycles. The lowest BCUT2D eigenvalue weighted by Gasteiger charge is -2.03. The van der Waals surface area contributed by atoms with Crippen LogP contribution in [0.25, 0.3) is 10.9 Å². The predicted octanol–water partition coefficient (Wildman–Crippen LogP) is -1.48. The Kier molecular flexibility index (Phi) is 4.87. The summed E-state index contributed by atoms with van der Waals surface area (Å²) in [6, 6.07) is 5.13. The van der Waals surface area contributed by atoms with E-state index in [0.29, 0.717) is 17.4 Å². The first-order valence-corrected chi connectivity index (χ1v) is 5.38. The Morgan fingerprint density at radius 3 is 2.38 bits per heavy atom. The van der Waals surface area contributed by atoms with Gasteiger partial charge in [-0.3, -0.25) is 4.98 Å². The summed E-state index contributed by atoms with van der Waals surface area (Å²) in [4.78, 5) is 33.3. The molecule has 114 valence electrons. The molecule has 0 aliphatic heterocycles. The van der Waals surface area contributed by atoms with Crippen LogP contribution in [0.3, 0.4) is 0 Å². The number of nitrogens with one attached hydrogen (secondary N) is 1. The molecule has 0 aliphatic rings. The number of rotatable bonds is 1. The second-order valence-electron chi connectivity index (χ2n) is 3.72. The number of alkyl halides is 3. The molecular weight excluding hydrogens is 297 g/mol. The Morgan fingerprint density at radius 1 is 1.33 bits per heavy atom. The summed E-state index contributed by atoms with van der Waals surface area (Å²) in [7, 11) is 0. The van der Waals surface area contributed by atoms with E-state index in [4.69, 9.17) is 9.90 Å². The zero-order chi connectivity index (χ0) is 16.2. The Labute approximate surface area is 113 Å². The van der Waals surface area contributed by atoms with Crippen LogP contribution < -0.4 is 22.2 Å². The van der Waals surface area contributed by atoms with Crippen LogP contribution in [0.2, 0.25) is 0 Å². The van der Waals surface area contributed by atoms with Crippen LogP contribution in [0.5, 0.6) is 0 Å². The third-order valence-corrected chi connectivity index (χ3v) is 2.25. The average Bonchev–Trinajstić information content (AvgIpc) is 2.37. The van der Waals surface area contributed by atoms with Crippen molar-refractivity contribution in [3.8, 4) is 0 Å². The Bertz CT molecular complexity index is 763. The van der Waals surface area contributed by atoms with Crippen LogP contribution in [-0.4, -0.2) is 17.1 Å². The maximum Gasteiger partial charge on any atom is 0.430 e. The number of carbonyl (C=O) groups is 1. The Hall–Kier alpha value is -2.62. The van der Waals surface area contributed by atoms with E-state index in [0.717, 1.165) is 5.56 Å². The fourth-order valence-electron chi connectivity index (χ4n) is 1.30. The Morgan fingerprint density at radius 2 is 1.90 bits per heavy atom. The van der Waals surface area contributed by atoms with Crippen molar-refractivity contribution in [1.82, 2.24) is 4.98 Å². The number of halogens is 3. The van der Waals surface area contributed by atoms with E-state index >= 15 is 0 Å². The van der Waals surface area contributed by atoms with Crippen molar-refractivity contribution in [2.75, 3.05) is 0 Å². The fourth-order valence-corrected chi connectivity index (χ4v) is 1.30. The van der Waals surface area contributed by atoms with Gasteiger partial charge in [0.25, 0.3) is 0 Å². The molecule has 0 amide bonds. The van der Waals surface area contributed by atoms with Gasteiger partial charge in [-0.25, -0.2) is 9.59 Å². The van der Waals surface area contributed by atoms with Crippen LogP contribution in [0.15, 0.2) is 32.2 Å². The average molecular weight is 306 g/mol. The van der Waals surface area contributed by atoms with Gasteiger partial charge < -0.3 is 20.1 Å². The summed E-state index contributed by atoms with van der Waals surface area (Å²) >= 11 is 0. The van der Waals surface area contributed by atoms with E-state index in [1.54, 1.807) is 18.2 Å². The highest BCUT2D eigenvalue weighted by atomic mass is 19.4. The van der Waals surface area contributed by atoms with Crippen molar-refractivity contribution in [2.24, 2.45) is 0 Å². The summed E-state index contributed by atoms with van der Waals surface area (Å²) in [6.45, 7) is 0.609. The molecule has 0 unspecified atom stereocenters. The van der Waals surface area contributed by atoms with Gasteiger partial charge in [0.15, 0.2) is 0 Å². The Balaban J connectivity index is 0.000000270. The first kappa shape index (κ1) is 16.4. The van der Waals surface area contributed by atoms with Crippen LogP contribution in [0, 0.1) is 0 Å². The van der Waals surface area contributed by atoms with Crippen molar-refractivity contribution in [3.63, 3.8) is 0 Å². The maximum atomic E-state index is 11.2. The number of aromatic nitrogens is 1. The molecule has 10 heteroatoms. The molecule has 1 aromatic carbocycles. The number of hydrogen-bond acceptors (Lipinski definition) is 5. The number of fused-ring (bicyclic) bond motifs is 1. The molecule has 7 nitrogen and oxygen atoms in total. The molecule has 0 bridgehead atoms. The second kappa shape index (κ2) is 6.22. The van der Waals surface area contributed by atoms with Gasteiger partial charge in [-0.05, 0) is 12.1 Å². The van der Waals surface area contributed by atoms with E-state index in [1.165, 1.54) is 0 Å². The highest BCUT2D eigenvalue weighted by molar-refractivity contribution is 5.77. The van der Waals surface area contributed by atoms with Crippen LogP contribution in [0.1, 0.15) is 5.56 Å². The molecule has 2 aromatic rings. The zero-order valence-electron chi connectivity index (χ0n) is 10.3. The maximum absolute atomic E-state index is 11.2. The minimum atomic E-state index is -5.19. The van der Waals surface area contributed by atoms with Gasteiger partial charge in [0.1, 0.15) is 5.97 Å². The molecule has 0 saturated carbocycles. The fraction of sp³-hybridized carbons (Fsp3) is 0.182. The minimum Gasteiger partial charge on any atom is -0.542 e. The number of carboxylic acids is 1. The molecule has 4 N–H and O–H groups in total.